The van der Waals surface area contributed by atoms with Crippen molar-refractivity contribution in [3.05, 3.63) is 35.9 Å². The van der Waals surface area contributed by atoms with Crippen molar-refractivity contribution in [2.24, 2.45) is 5.92 Å². The first kappa shape index (κ1) is 13.7. The van der Waals surface area contributed by atoms with Crippen molar-refractivity contribution in [1.29, 1.82) is 0 Å². The predicted octanol–water partition coefficient (Wildman–Crippen LogP) is 3.97. The molecule has 0 unspecified atom stereocenters. The number of benzene rings is 1. The lowest BCUT2D eigenvalue weighted by Gasteiger charge is -2.51. The van der Waals surface area contributed by atoms with Crippen LogP contribution in [0, 0.1) is 5.92 Å². The van der Waals surface area contributed by atoms with Gasteiger partial charge in [-0.05, 0) is 49.5 Å². The van der Waals surface area contributed by atoms with Gasteiger partial charge in [-0.3, -0.25) is 0 Å². The quantitative estimate of drug-likeness (QED) is 0.732. The molecule has 1 spiro atoms. The number of hydrogen-bond donors (Lipinski definition) is 0. The highest BCUT2D eigenvalue weighted by molar-refractivity contribution is 5.27. The Labute approximate surface area is 126 Å². The van der Waals surface area contributed by atoms with Crippen LogP contribution in [0.3, 0.4) is 0 Å². The second-order valence-corrected chi connectivity index (χ2v) is 7.53. The van der Waals surface area contributed by atoms with E-state index in [4.69, 9.17) is 14.5 Å². The molecule has 1 aromatic carbocycles. The fraction of sp³-hybridized carbons (Fsp3) is 0.667. The smallest absolute Gasteiger partial charge is 0.198 e. The number of hydrogen-bond acceptors (Lipinski definition) is 3. The van der Waals surface area contributed by atoms with Gasteiger partial charge in [0.05, 0.1) is 6.61 Å². The van der Waals surface area contributed by atoms with Crippen molar-refractivity contribution >= 4 is 0 Å². The zero-order chi connectivity index (χ0) is 14.6. The SMILES string of the molecule is C[C@@]12CC[C@H]3CC[C@@](C)(c4ccccc4)C[C@]3(CO1)OO2. The van der Waals surface area contributed by atoms with E-state index >= 15 is 0 Å². The van der Waals surface area contributed by atoms with Gasteiger partial charge in [0, 0.05) is 6.42 Å². The van der Waals surface area contributed by atoms with Crippen molar-refractivity contribution in [3.63, 3.8) is 0 Å². The summed E-state index contributed by atoms with van der Waals surface area (Å²) in [7, 11) is 0. The highest BCUT2D eigenvalue weighted by Crippen LogP contribution is 2.54. The second kappa shape index (κ2) is 4.55. The van der Waals surface area contributed by atoms with Crippen LogP contribution < -0.4 is 0 Å². The molecule has 3 saturated heterocycles. The van der Waals surface area contributed by atoms with Gasteiger partial charge in [0.2, 0.25) is 0 Å². The molecule has 114 valence electrons. The average molecular weight is 288 g/mol. The fourth-order valence-electron chi connectivity index (χ4n) is 4.45. The van der Waals surface area contributed by atoms with Crippen molar-refractivity contribution in [1.82, 2.24) is 0 Å². The molecule has 3 aliphatic heterocycles. The first-order chi connectivity index (χ1) is 10.0. The Kier molecular flexibility index (Phi) is 2.97. The van der Waals surface area contributed by atoms with E-state index in [-0.39, 0.29) is 11.0 Å². The molecule has 3 heterocycles. The minimum atomic E-state index is -0.536. The van der Waals surface area contributed by atoms with E-state index in [0.29, 0.717) is 12.5 Å². The molecule has 0 aromatic heterocycles. The Hall–Kier alpha value is -0.900. The molecule has 5 rings (SSSR count). The van der Waals surface area contributed by atoms with E-state index in [1.165, 1.54) is 18.4 Å². The summed E-state index contributed by atoms with van der Waals surface area (Å²) >= 11 is 0. The molecule has 4 aliphatic rings. The summed E-state index contributed by atoms with van der Waals surface area (Å²) in [5.41, 5.74) is 1.28. The molecule has 21 heavy (non-hydrogen) atoms. The van der Waals surface area contributed by atoms with Crippen molar-refractivity contribution < 1.29 is 14.5 Å². The van der Waals surface area contributed by atoms with Gasteiger partial charge < -0.3 is 4.74 Å². The molecule has 0 radical (unpaired) electrons. The van der Waals surface area contributed by atoms with E-state index in [2.05, 4.69) is 37.3 Å². The van der Waals surface area contributed by atoms with Gasteiger partial charge in [-0.15, -0.1) is 0 Å². The average Bonchev–Trinajstić information content (AvgIpc) is 2.74. The number of ether oxygens (including phenoxy) is 1. The minimum Gasteiger partial charge on any atom is -0.344 e. The standard InChI is InChI=1S/C18H24O3/c1-16(14-6-4-3-5-7-14)10-8-15-9-11-17(2)19-13-18(15,12-16)21-20-17/h3-7,15H,8-13H2,1-2H3/t15-,16-,17-,18-/m1/s1. The van der Waals surface area contributed by atoms with Crippen LogP contribution in [-0.4, -0.2) is 18.0 Å². The van der Waals surface area contributed by atoms with Crippen LogP contribution in [0.4, 0.5) is 0 Å². The monoisotopic (exact) mass is 288 g/mol. The third-order valence-corrected chi connectivity index (χ3v) is 5.90. The Morgan fingerprint density at radius 3 is 2.48 bits per heavy atom. The minimum absolute atomic E-state index is 0.141. The molecule has 0 N–H and O–H groups in total. The highest BCUT2D eigenvalue weighted by Gasteiger charge is 2.57. The van der Waals surface area contributed by atoms with Crippen LogP contribution in [0.1, 0.15) is 51.5 Å². The van der Waals surface area contributed by atoms with E-state index < -0.39 is 5.79 Å². The van der Waals surface area contributed by atoms with Crippen molar-refractivity contribution in [2.75, 3.05) is 6.61 Å². The maximum absolute atomic E-state index is 6.03. The lowest BCUT2D eigenvalue weighted by Crippen LogP contribution is -2.56. The zero-order valence-electron chi connectivity index (χ0n) is 12.9. The summed E-state index contributed by atoms with van der Waals surface area (Å²) in [4.78, 5) is 11.6. The lowest BCUT2D eigenvalue weighted by atomic mass is 9.60. The molecule has 1 aromatic rings. The molecule has 0 amide bonds. The Morgan fingerprint density at radius 2 is 1.76 bits per heavy atom. The predicted molar refractivity (Wildman–Crippen MR) is 79.6 cm³/mol. The van der Waals surface area contributed by atoms with E-state index in [0.717, 1.165) is 19.3 Å². The normalized spacial score (nSPS) is 45.9. The van der Waals surface area contributed by atoms with Crippen LogP contribution in [0.2, 0.25) is 0 Å². The van der Waals surface area contributed by atoms with Crippen LogP contribution in [-0.2, 0) is 19.9 Å². The van der Waals surface area contributed by atoms with Crippen LogP contribution in [0.5, 0.6) is 0 Å². The van der Waals surface area contributed by atoms with Crippen molar-refractivity contribution in [3.8, 4) is 0 Å². The third-order valence-electron chi connectivity index (χ3n) is 5.90. The Morgan fingerprint density at radius 1 is 1.00 bits per heavy atom. The summed E-state index contributed by atoms with van der Waals surface area (Å²) in [6.45, 7) is 5.01. The van der Waals surface area contributed by atoms with Crippen LogP contribution >= 0.6 is 0 Å². The maximum atomic E-state index is 6.03. The molecule has 3 nitrogen and oxygen atoms in total. The maximum Gasteiger partial charge on any atom is 0.198 e. The van der Waals surface area contributed by atoms with Crippen LogP contribution in [0.25, 0.3) is 0 Å². The van der Waals surface area contributed by atoms with Gasteiger partial charge in [-0.2, -0.15) is 0 Å². The Balaban J connectivity index is 1.67. The Bertz CT molecular complexity index is 519. The summed E-state index contributed by atoms with van der Waals surface area (Å²) in [5, 5.41) is 0. The van der Waals surface area contributed by atoms with E-state index in [1.54, 1.807) is 0 Å². The lowest BCUT2D eigenvalue weighted by molar-refractivity contribution is -0.508. The molecule has 4 atom stereocenters. The molecule has 2 bridgehead atoms. The molecular weight excluding hydrogens is 264 g/mol. The first-order valence-corrected chi connectivity index (χ1v) is 8.10. The topological polar surface area (TPSA) is 27.7 Å². The molecule has 1 saturated carbocycles. The molecule has 4 fully saturated rings. The zero-order valence-corrected chi connectivity index (χ0v) is 12.9. The van der Waals surface area contributed by atoms with Crippen LogP contribution in [0.15, 0.2) is 30.3 Å². The van der Waals surface area contributed by atoms with Gasteiger partial charge in [-0.1, -0.05) is 37.3 Å². The summed E-state index contributed by atoms with van der Waals surface area (Å²) in [6, 6.07) is 10.8. The van der Waals surface area contributed by atoms with E-state index in [9.17, 15) is 0 Å². The molecule has 1 aliphatic carbocycles. The van der Waals surface area contributed by atoms with E-state index in [1.807, 2.05) is 6.92 Å². The van der Waals surface area contributed by atoms with Crippen molar-refractivity contribution in [2.45, 2.75) is 62.8 Å². The molecule has 3 heteroatoms. The summed E-state index contributed by atoms with van der Waals surface area (Å²) in [6.07, 6.45) is 5.45. The van der Waals surface area contributed by atoms with Gasteiger partial charge in [-0.25, -0.2) is 9.78 Å². The number of rotatable bonds is 1. The number of fused-ring (bicyclic) bond motifs is 3. The fourth-order valence-corrected chi connectivity index (χ4v) is 4.45. The van der Waals surface area contributed by atoms with Gasteiger partial charge in [0.15, 0.2) is 5.79 Å². The highest BCUT2D eigenvalue weighted by atomic mass is 17.2. The van der Waals surface area contributed by atoms with Gasteiger partial charge >= 0.3 is 0 Å². The largest absolute Gasteiger partial charge is 0.344 e. The molecular formula is C18H24O3. The second-order valence-electron chi connectivity index (χ2n) is 7.53. The summed E-state index contributed by atoms with van der Waals surface area (Å²) < 4.78 is 6.03. The summed E-state index contributed by atoms with van der Waals surface area (Å²) in [5.74, 6) is 0.0183. The van der Waals surface area contributed by atoms with Gasteiger partial charge in [0.1, 0.15) is 5.60 Å². The first-order valence-electron chi connectivity index (χ1n) is 8.10. The van der Waals surface area contributed by atoms with Gasteiger partial charge in [0.25, 0.3) is 0 Å². The third kappa shape index (κ3) is 2.14.